The van der Waals surface area contributed by atoms with E-state index in [1.54, 1.807) is 12.3 Å². The van der Waals surface area contributed by atoms with Crippen LogP contribution in [0.25, 0.3) is 0 Å². The van der Waals surface area contributed by atoms with Gasteiger partial charge >= 0.3 is 0 Å². The molecule has 0 radical (unpaired) electrons. The molecular formula is C9H14N2OS. The van der Waals surface area contributed by atoms with Gasteiger partial charge in [0.2, 0.25) is 0 Å². The van der Waals surface area contributed by atoms with Crippen molar-refractivity contribution >= 4 is 15.5 Å². The molecule has 4 heteroatoms. The summed E-state index contributed by atoms with van der Waals surface area (Å²) in [6, 6.07) is 5.53. The lowest BCUT2D eigenvalue weighted by Gasteiger charge is -1.99. The van der Waals surface area contributed by atoms with Crippen molar-refractivity contribution in [2.45, 2.75) is 13.8 Å². The quantitative estimate of drug-likeness (QED) is 0.730. The second-order valence-electron chi connectivity index (χ2n) is 2.98. The van der Waals surface area contributed by atoms with Crippen LogP contribution in [0.2, 0.25) is 0 Å². The molecule has 0 N–H and O–H groups in total. The summed E-state index contributed by atoms with van der Waals surface area (Å²) < 4.78 is 15.7. The maximum atomic E-state index is 11.6. The molecule has 3 nitrogen and oxygen atoms in total. The molecule has 1 rings (SSSR count). The molecule has 0 aliphatic rings. The number of hydrogen-bond donors (Lipinski definition) is 0. The zero-order valence-corrected chi connectivity index (χ0v) is 8.97. The first-order valence-corrected chi connectivity index (χ1v) is 6.26. The van der Waals surface area contributed by atoms with Gasteiger partial charge in [0.1, 0.15) is 0 Å². The van der Waals surface area contributed by atoms with Crippen molar-refractivity contribution in [3.63, 3.8) is 0 Å². The first-order valence-electron chi connectivity index (χ1n) is 4.17. The van der Waals surface area contributed by atoms with E-state index >= 15 is 0 Å². The van der Waals surface area contributed by atoms with E-state index in [1.807, 2.05) is 26.0 Å². The van der Waals surface area contributed by atoms with Gasteiger partial charge in [0, 0.05) is 17.7 Å². The van der Waals surface area contributed by atoms with Crippen molar-refractivity contribution in [1.29, 1.82) is 0 Å². The fraction of sp³-hybridized carbons (Fsp3) is 0.444. The SMILES string of the molecule is CC[S@](C)(=O)=Nc1cccc(C)n1. The van der Waals surface area contributed by atoms with Crippen molar-refractivity contribution in [2.75, 3.05) is 12.0 Å². The molecule has 1 heterocycles. The van der Waals surface area contributed by atoms with Crippen LogP contribution in [-0.4, -0.2) is 21.2 Å². The highest BCUT2D eigenvalue weighted by atomic mass is 32.2. The number of pyridine rings is 1. The highest BCUT2D eigenvalue weighted by Gasteiger charge is 1.98. The molecule has 72 valence electrons. The summed E-state index contributed by atoms with van der Waals surface area (Å²) in [6.45, 7) is 3.75. The molecule has 0 spiro atoms. The van der Waals surface area contributed by atoms with Crippen LogP contribution in [0.1, 0.15) is 12.6 Å². The molecule has 0 bridgehead atoms. The number of aryl methyl sites for hydroxylation is 1. The molecule has 0 saturated heterocycles. The molecule has 0 saturated carbocycles. The molecule has 1 aromatic heterocycles. The van der Waals surface area contributed by atoms with Gasteiger partial charge in [0.05, 0.1) is 9.73 Å². The zero-order chi connectivity index (χ0) is 9.90. The van der Waals surface area contributed by atoms with Crippen LogP contribution in [0.5, 0.6) is 0 Å². The molecule has 0 amide bonds. The normalized spacial score (nSPS) is 15.0. The van der Waals surface area contributed by atoms with E-state index in [-0.39, 0.29) is 0 Å². The van der Waals surface area contributed by atoms with Crippen LogP contribution in [0.4, 0.5) is 5.82 Å². The third-order valence-corrected chi connectivity index (χ3v) is 3.34. The van der Waals surface area contributed by atoms with Crippen LogP contribution in [0.3, 0.4) is 0 Å². The average Bonchev–Trinajstić information content (AvgIpc) is 2.03. The molecule has 0 fully saturated rings. The molecule has 0 aliphatic heterocycles. The maximum Gasteiger partial charge on any atom is 0.161 e. The highest BCUT2D eigenvalue weighted by Crippen LogP contribution is 2.10. The van der Waals surface area contributed by atoms with E-state index < -0.39 is 9.73 Å². The van der Waals surface area contributed by atoms with Crippen LogP contribution < -0.4 is 0 Å². The van der Waals surface area contributed by atoms with Crippen LogP contribution in [0.15, 0.2) is 22.6 Å². The van der Waals surface area contributed by atoms with Crippen molar-refractivity contribution in [3.05, 3.63) is 23.9 Å². The van der Waals surface area contributed by atoms with Crippen molar-refractivity contribution in [3.8, 4) is 0 Å². The lowest BCUT2D eigenvalue weighted by atomic mass is 10.4. The minimum absolute atomic E-state index is 0.558. The van der Waals surface area contributed by atoms with Gasteiger partial charge in [-0.15, -0.1) is 0 Å². The minimum Gasteiger partial charge on any atom is -0.250 e. The minimum atomic E-state index is -2.08. The van der Waals surface area contributed by atoms with Gasteiger partial charge in [-0.05, 0) is 19.1 Å². The predicted octanol–water partition coefficient (Wildman–Crippen LogP) is 2.14. The molecule has 0 aliphatic carbocycles. The number of hydrogen-bond acceptors (Lipinski definition) is 3. The van der Waals surface area contributed by atoms with E-state index in [9.17, 15) is 4.21 Å². The second kappa shape index (κ2) is 3.87. The standard InChI is InChI=1S/C9H14N2OS/c1-4-13(3,12)11-9-7-5-6-8(2)10-9/h5-7H,4H2,1-3H3/t13-/m0/s1. The Hall–Kier alpha value is -0.900. The largest absolute Gasteiger partial charge is 0.250 e. The van der Waals surface area contributed by atoms with E-state index in [4.69, 9.17) is 0 Å². The van der Waals surface area contributed by atoms with E-state index in [1.165, 1.54) is 0 Å². The highest BCUT2D eigenvalue weighted by molar-refractivity contribution is 7.93. The Morgan fingerprint density at radius 1 is 1.54 bits per heavy atom. The first-order chi connectivity index (χ1) is 6.03. The molecule has 0 unspecified atom stereocenters. The average molecular weight is 198 g/mol. The van der Waals surface area contributed by atoms with Gasteiger partial charge in [-0.3, -0.25) is 0 Å². The first kappa shape index (κ1) is 10.2. The Bertz CT molecular complexity index is 406. The fourth-order valence-corrected chi connectivity index (χ4v) is 1.47. The van der Waals surface area contributed by atoms with Gasteiger partial charge in [-0.25, -0.2) is 9.19 Å². The predicted molar refractivity (Wildman–Crippen MR) is 55.7 cm³/mol. The molecule has 1 aromatic rings. The Morgan fingerprint density at radius 3 is 2.77 bits per heavy atom. The summed E-state index contributed by atoms with van der Waals surface area (Å²) in [5.74, 6) is 1.12. The van der Waals surface area contributed by atoms with E-state index in [2.05, 4.69) is 9.35 Å². The summed E-state index contributed by atoms with van der Waals surface area (Å²) in [6.07, 6.45) is 1.65. The zero-order valence-electron chi connectivity index (χ0n) is 8.15. The monoisotopic (exact) mass is 198 g/mol. The van der Waals surface area contributed by atoms with Crippen molar-refractivity contribution in [2.24, 2.45) is 4.36 Å². The lowest BCUT2D eigenvalue weighted by Crippen LogP contribution is -1.98. The number of rotatable bonds is 2. The fourth-order valence-electron chi connectivity index (χ4n) is 0.842. The summed E-state index contributed by atoms with van der Waals surface area (Å²) in [4.78, 5) is 4.16. The maximum absolute atomic E-state index is 11.6. The summed E-state index contributed by atoms with van der Waals surface area (Å²) >= 11 is 0. The van der Waals surface area contributed by atoms with Crippen LogP contribution in [-0.2, 0) is 9.73 Å². The van der Waals surface area contributed by atoms with Gasteiger partial charge in [0.25, 0.3) is 0 Å². The second-order valence-corrected chi connectivity index (χ2v) is 5.66. The molecule has 13 heavy (non-hydrogen) atoms. The van der Waals surface area contributed by atoms with Gasteiger partial charge in [0.15, 0.2) is 5.82 Å². The summed E-state index contributed by atoms with van der Waals surface area (Å²) in [5.41, 5.74) is 0.896. The molecule has 1 atom stereocenters. The molecular weight excluding hydrogens is 184 g/mol. The third-order valence-electron chi connectivity index (χ3n) is 1.70. The third kappa shape index (κ3) is 3.14. The van der Waals surface area contributed by atoms with Crippen molar-refractivity contribution < 1.29 is 4.21 Å². The Morgan fingerprint density at radius 2 is 2.23 bits per heavy atom. The van der Waals surface area contributed by atoms with Crippen LogP contribution >= 0.6 is 0 Å². The number of aromatic nitrogens is 1. The van der Waals surface area contributed by atoms with Gasteiger partial charge in [-0.2, -0.15) is 4.36 Å². The smallest absolute Gasteiger partial charge is 0.161 e. The van der Waals surface area contributed by atoms with Gasteiger partial charge < -0.3 is 0 Å². The van der Waals surface area contributed by atoms with E-state index in [0.717, 1.165) is 5.69 Å². The topological polar surface area (TPSA) is 42.3 Å². The Balaban J connectivity index is 3.12. The lowest BCUT2D eigenvalue weighted by molar-refractivity contribution is 0.681. The molecule has 0 aromatic carbocycles. The summed E-state index contributed by atoms with van der Waals surface area (Å²) in [5, 5.41) is 0. The van der Waals surface area contributed by atoms with Gasteiger partial charge in [-0.1, -0.05) is 13.0 Å². The van der Waals surface area contributed by atoms with E-state index in [0.29, 0.717) is 11.6 Å². The summed E-state index contributed by atoms with van der Waals surface area (Å²) in [7, 11) is -2.08. The Kier molecular flexibility index (Phi) is 3.03. The number of nitrogens with zero attached hydrogens (tertiary/aromatic N) is 2. The Labute approximate surface area is 79.4 Å². The van der Waals surface area contributed by atoms with Crippen molar-refractivity contribution in [1.82, 2.24) is 4.98 Å². The van der Waals surface area contributed by atoms with Crippen LogP contribution in [0, 0.1) is 6.92 Å².